The summed E-state index contributed by atoms with van der Waals surface area (Å²) < 4.78 is 0. The maximum atomic E-state index is 12.5. The number of benzene rings is 1. The lowest BCUT2D eigenvalue weighted by Crippen LogP contribution is -2.41. The standard InChI is InChI=1S/C18H24Cl2N2O.ClH/c19-15-2-4-17(20)14(10-15)9-12-5-7-22(8-6-12)18(23)13-1-3-16(21)11-13;/h2,4,10,12-13,16H,1,3,5-9,11,21H2;1H. The van der Waals surface area contributed by atoms with E-state index in [1.165, 1.54) is 0 Å². The maximum absolute atomic E-state index is 12.5. The monoisotopic (exact) mass is 390 g/mol. The minimum atomic E-state index is 0. The molecule has 0 spiro atoms. The zero-order valence-corrected chi connectivity index (χ0v) is 16.0. The van der Waals surface area contributed by atoms with E-state index in [4.69, 9.17) is 28.9 Å². The lowest BCUT2D eigenvalue weighted by molar-refractivity contribution is -0.136. The fourth-order valence-corrected chi connectivity index (χ4v) is 4.26. The number of amides is 1. The second-order valence-electron chi connectivity index (χ2n) is 6.98. The van der Waals surface area contributed by atoms with Gasteiger partial charge >= 0.3 is 0 Å². The van der Waals surface area contributed by atoms with Gasteiger partial charge in [-0.1, -0.05) is 23.2 Å². The summed E-state index contributed by atoms with van der Waals surface area (Å²) in [5.74, 6) is 1.04. The van der Waals surface area contributed by atoms with E-state index in [1.807, 2.05) is 23.1 Å². The molecule has 1 heterocycles. The number of carbonyl (C=O) groups is 1. The maximum Gasteiger partial charge on any atom is 0.225 e. The van der Waals surface area contributed by atoms with Gasteiger partial charge in [0.25, 0.3) is 0 Å². The molecule has 6 heteroatoms. The van der Waals surface area contributed by atoms with E-state index in [2.05, 4.69) is 0 Å². The van der Waals surface area contributed by atoms with Crippen molar-refractivity contribution >= 4 is 41.5 Å². The predicted molar refractivity (Wildman–Crippen MR) is 102 cm³/mol. The van der Waals surface area contributed by atoms with Gasteiger partial charge in [0.1, 0.15) is 0 Å². The second-order valence-corrected chi connectivity index (χ2v) is 7.82. The van der Waals surface area contributed by atoms with Crippen LogP contribution < -0.4 is 5.73 Å². The van der Waals surface area contributed by atoms with Gasteiger partial charge in [0.15, 0.2) is 0 Å². The van der Waals surface area contributed by atoms with E-state index in [9.17, 15) is 4.79 Å². The largest absolute Gasteiger partial charge is 0.342 e. The number of rotatable bonds is 3. The molecule has 2 N–H and O–H groups in total. The van der Waals surface area contributed by atoms with E-state index in [1.54, 1.807) is 0 Å². The van der Waals surface area contributed by atoms with Crippen LogP contribution in [0.25, 0.3) is 0 Å². The Balaban J connectivity index is 0.00000208. The van der Waals surface area contributed by atoms with Gasteiger partial charge in [-0.15, -0.1) is 12.4 Å². The molecule has 1 aliphatic heterocycles. The lowest BCUT2D eigenvalue weighted by Gasteiger charge is -2.33. The van der Waals surface area contributed by atoms with Crippen molar-refractivity contribution < 1.29 is 4.79 Å². The SMILES string of the molecule is Cl.NC1CCC(C(=O)N2CCC(Cc3cc(Cl)ccc3Cl)CC2)C1. The van der Waals surface area contributed by atoms with Crippen LogP contribution in [0.2, 0.25) is 10.0 Å². The van der Waals surface area contributed by atoms with Gasteiger partial charge in [0, 0.05) is 35.1 Å². The molecule has 1 amide bonds. The Morgan fingerprint density at radius 3 is 2.50 bits per heavy atom. The molecule has 24 heavy (non-hydrogen) atoms. The first-order chi connectivity index (χ1) is 11.0. The van der Waals surface area contributed by atoms with Crippen LogP contribution in [0, 0.1) is 11.8 Å². The zero-order chi connectivity index (χ0) is 16.4. The molecular formula is C18H25Cl3N2O. The van der Waals surface area contributed by atoms with E-state index in [-0.39, 0.29) is 24.4 Å². The quantitative estimate of drug-likeness (QED) is 0.834. The summed E-state index contributed by atoms with van der Waals surface area (Å²) in [6.07, 6.45) is 5.81. The topological polar surface area (TPSA) is 46.3 Å². The Kier molecular flexibility index (Phi) is 7.23. The van der Waals surface area contributed by atoms with Crippen LogP contribution in [-0.2, 0) is 11.2 Å². The van der Waals surface area contributed by atoms with E-state index < -0.39 is 0 Å². The highest BCUT2D eigenvalue weighted by molar-refractivity contribution is 6.33. The Hall–Kier alpha value is -0.480. The highest BCUT2D eigenvalue weighted by Gasteiger charge is 2.32. The van der Waals surface area contributed by atoms with Crippen molar-refractivity contribution in [2.75, 3.05) is 13.1 Å². The van der Waals surface area contributed by atoms with Gasteiger partial charge < -0.3 is 10.6 Å². The highest BCUT2D eigenvalue weighted by atomic mass is 35.5. The van der Waals surface area contributed by atoms with Crippen molar-refractivity contribution in [3.63, 3.8) is 0 Å². The number of halogens is 3. The number of piperidine rings is 1. The molecule has 2 aliphatic rings. The molecule has 134 valence electrons. The molecule has 1 aromatic carbocycles. The van der Waals surface area contributed by atoms with Crippen molar-refractivity contribution in [1.29, 1.82) is 0 Å². The Bertz CT molecular complexity index is 573. The lowest BCUT2D eigenvalue weighted by atomic mass is 9.89. The molecule has 2 unspecified atom stereocenters. The second kappa shape index (κ2) is 8.75. The third-order valence-corrected chi connectivity index (χ3v) is 5.87. The summed E-state index contributed by atoms with van der Waals surface area (Å²) in [4.78, 5) is 14.6. The number of carbonyl (C=O) groups excluding carboxylic acids is 1. The molecule has 0 aromatic heterocycles. The van der Waals surface area contributed by atoms with Crippen molar-refractivity contribution in [2.45, 2.75) is 44.6 Å². The molecule has 1 aromatic rings. The minimum absolute atomic E-state index is 0. The van der Waals surface area contributed by atoms with Gasteiger partial charge in [-0.2, -0.15) is 0 Å². The zero-order valence-electron chi connectivity index (χ0n) is 13.7. The predicted octanol–water partition coefficient (Wildman–Crippen LogP) is 4.32. The first-order valence-electron chi connectivity index (χ1n) is 8.51. The van der Waals surface area contributed by atoms with Gasteiger partial charge in [-0.3, -0.25) is 4.79 Å². The van der Waals surface area contributed by atoms with Crippen molar-refractivity contribution in [3.05, 3.63) is 33.8 Å². The molecule has 1 saturated carbocycles. The average molecular weight is 392 g/mol. The van der Waals surface area contributed by atoms with Crippen LogP contribution in [0.5, 0.6) is 0 Å². The van der Waals surface area contributed by atoms with Crippen molar-refractivity contribution in [1.82, 2.24) is 4.90 Å². The van der Waals surface area contributed by atoms with Crippen LogP contribution in [0.15, 0.2) is 18.2 Å². The smallest absolute Gasteiger partial charge is 0.225 e. The third-order valence-electron chi connectivity index (χ3n) is 5.26. The molecule has 2 atom stereocenters. The van der Waals surface area contributed by atoms with Crippen molar-refractivity contribution in [2.24, 2.45) is 17.6 Å². The van der Waals surface area contributed by atoms with Crippen LogP contribution in [0.3, 0.4) is 0 Å². The summed E-state index contributed by atoms with van der Waals surface area (Å²) in [7, 11) is 0. The van der Waals surface area contributed by atoms with Gasteiger partial charge in [0.05, 0.1) is 0 Å². The summed E-state index contributed by atoms with van der Waals surface area (Å²) in [5, 5.41) is 1.52. The normalized spacial score (nSPS) is 24.7. The number of nitrogens with zero attached hydrogens (tertiary/aromatic N) is 1. The summed E-state index contributed by atoms with van der Waals surface area (Å²) >= 11 is 12.3. The highest BCUT2D eigenvalue weighted by Crippen LogP contribution is 2.30. The summed E-state index contributed by atoms with van der Waals surface area (Å²) in [6.45, 7) is 1.71. The van der Waals surface area contributed by atoms with Crippen molar-refractivity contribution in [3.8, 4) is 0 Å². The number of hydrogen-bond donors (Lipinski definition) is 1. The third kappa shape index (κ3) is 4.78. The van der Waals surface area contributed by atoms with Crippen LogP contribution in [0.1, 0.15) is 37.7 Å². The summed E-state index contributed by atoms with van der Waals surface area (Å²) in [5.41, 5.74) is 7.05. The fourth-order valence-electron chi connectivity index (χ4n) is 3.87. The number of likely N-dealkylation sites (tertiary alicyclic amines) is 1. The minimum Gasteiger partial charge on any atom is -0.342 e. The molecule has 1 saturated heterocycles. The Labute approximate surface area is 160 Å². The molecule has 3 rings (SSSR count). The van der Waals surface area contributed by atoms with E-state index >= 15 is 0 Å². The molecule has 0 radical (unpaired) electrons. The Morgan fingerprint density at radius 1 is 1.17 bits per heavy atom. The first kappa shape index (κ1) is 19.8. The average Bonchev–Trinajstić information content (AvgIpc) is 2.97. The molecule has 3 nitrogen and oxygen atoms in total. The van der Waals surface area contributed by atoms with Gasteiger partial charge in [0.2, 0.25) is 5.91 Å². The number of hydrogen-bond acceptors (Lipinski definition) is 2. The summed E-state index contributed by atoms with van der Waals surface area (Å²) in [6, 6.07) is 5.86. The molecular weight excluding hydrogens is 367 g/mol. The van der Waals surface area contributed by atoms with Gasteiger partial charge in [-0.05, 0) is 68.2 Å². The van der Waals surface area contributed by atoms with Crippen LogP contribution in [0.4, 0.5) is 0 Å². The molecule has 1 aliphatic carbocycles. The molecule has 0 bridgehead atoms. The van der Waals surface area contributed by atoms with Crippen LogP contribution in [-0.4, -0.2) is 29.9 Å². The van der Waals surface area contributed by atoms with Gasteiger partial charge in [-0.25, -0.2) is 0 Å². The molecule has 2 fully saturated rings. The van der Waals surface area contributed by atoms with E-state index in [0.29, 0.717) is 11.8 Å². The number of nitrogens with two attached hydrogens (primary N) is 1. The van der Waals surface area contributed by atoms with Crippen LogP contribution >= 0.6 is 35.6 Å². The Morgan fingerprint density at radius 2 is 1.88 bits per heavy atom. The first-order valence-corrected chi connectivity index (χ1v) is 9.27. The van der Waals surface area contributed by atoms with E-state index in [0.717, 1.165) is 67.2 Å². The fraction of sp³-hybridized carbons (Fsp3) is 0.611.